The van der Waals surface area contributed by atoms with Crippen LogP contribution in [-0.4, -0.2) is 18.0 Å². The Morgan fingerprint density at radius 2 is 2.00 bits per heavy atom. The van der Waals surface area contributed by atoms with Crippen LogP contribution in [0.15, 0.2) is 18.2 Å². The summed E-state index contributed by atoms with van der Waals surface area (Å²) >= 11 is 0. The van der Waals surface area contributed by atoms with Gasteiger partial charge in [0, 0.05) is 11.7 Å². The van der Waals surface area contributed by atoms with E-state index in [9.17, 15) is 9.18 Å². The van der Waals surface area contributed by atoms with E-state index in [1.54, 1.807) is 6.92 Å². The molecule has 0 radical (unpaired) electrons. The monoisotopic (exact) mass is 264 g/mol. The molecule has 0 spiro atoms. The number of carbonyl (C=O) groups excluding carboxylic acids is 1. The summed E-state index contributed by atoms with van der Waals surface area (Å²) in [5, 5.41) is 6.08. The first-order valence-electron chi connectivity index (χ1n) is 6.89. The van der Waals surface area contributed by atoms with Crippen molar-refractivity contribution in [1.82, 2.24) is 5.32 Å². The minimum atomic E-state index is -0.359. The van der Waals surface area contributed by atoms with Crippen LogP contribution in [0.5, 0.6) is 0 Å². The molecule has 1 amide bonds. The van der Waals surface area contributed by atoms with Crippen LogP contribution in [0.25, 0.3) is 0 Å². The fourth-order valence-corrected chi connectivity index (χ4v) is 2.53. The van der Waals surface area contributed by atoms with Crippen LogP contribution >= 0.6 is 0 Å². The van der Waals surface area contributed by atoms with Gasteiger partial charge in [-0.05, 0) is 50.5 Å². The quantitative estimate of drug-likeness (QED) is 0.877. The number of nitrogens with one attached hydrogen (secondary N) is 2. The lowest BCUT2D eigenvalue weighted by Gasteiger charge is -2.18. The van der Waals surface area contributed by atoms with Crippen molar-refractivity contribution in [3.8, 4) is 0 Å². The zero-order chi connectivity index (χ0) is 13.8. The number of carbonyl (C=O) groups is 1. The van der Waals surface area contributed by atoms with Crippen molar-refractivity contribution in [1.29, 1.82) is 0 Å². The standard InChI is InChI=1S/C15H21FN2O/c1-10-7-12(16)9-14(8-10)17-11(2)15(19)18-13-5-3-4-6-13/h7-9,11,13,17H,3-6H2,1-2H3,(H,18,19). The molecule has 4 heteroatoms. The highest BCUT2D eigenvalue weighted by Gasteiger charge is 2.20. The van der Waals surface area contributed by atoms with Gasteiger partial charge in [-0.3, -0.25) is 4.79 Å². The summed E-state index contributed by atoms with van der Waals surface area (Å²) < 4.78 is 13.3. The van der Waals surface area contributed by atoms with E-state index in [-0.39, 0.29) is 17.8 Å². The van der Waals surface area contributed by atoms with Gasteiger partial charge in [-0.2, -0.15) is 0 Å². The number of halogens is 1. The van der Waals surface area contributed by atoms with Gasteiger partial charge in [-0.15, -0.1) is 0 Å². The molecule has 1 atom stereocenters. The number of aryl methyl sites for hydroxylation is 1. The summed E-state index contributed by atoms with van der Waals surface area (Å²) in [7, 11) is 0. The molecule has 0 aromatic heterocycles. The van der Waals surface area contributed by atoms with E-state index in [2.05, 4.69) is 10.6 Å². The number of hydrogen-bond donors (Lipinski definition) is 2. The molecule has 104 valence electrons. The van der Waals surface area contributed by atoms with Crippen molar-refractivity contribution in [3.05, 3.63) is 29.6 Å². The number of benzene rings is 1. The van der Waals surface area contributed by atoms with E-state index in [0.717, 1.165) is 18.4 Å². The van der Waals surface area contributed by atoms with Crippen LogP contribution in [0.1, 0.15) is 38.2 Å². The molecule has 1 aromatic carbocycles. The maximum Gasteiger partial charge on any atom is 0.242 e. The molecule has 2 rings (SSSR count). The van der Waals surface area contributed by atoms with Crippen molar-refractivity contribution < 1.29 is 9.18 Å². The Balaban J connectivity index is 1.91. The van der Waals surface area contributed by atoms with Gasteiger partial charge in [0.25, 0.3) is 0 Å². The lowest BCUT2D eigenvalue weighted by Crippen LogP contribution is -2.42. The van der Waals surface area contributed by atoms with E-state index < -0.39 is 0 Å². The highest BCUT2D eigenvalue weighted by Crippen LogP contribution is 2.18. The molecule has 3 nitrogen and oxygen atoms in total. The normalized spacial score (nSPS) is 17.2. The van der Waals surface area contributed by atoms with Crippen LogP contribution in [0.2, 0.25) is 0 Å². The third-order valence-corrected chi connectivity index (χ3v) is 3.52. The van der Waals surface area contributed by atoms with Crippen molar-refractivity contribution in [3.63, 3.8) is 0 Å². The smallest absolute Gasteiger partial charge is 0.242 e. The molecule has 1 aliphatic carbocycles. The Morgan fingerprint density at radius 1 is 1.32 bits per heavy atom. The summed E-state index contributed by atoms with van der Waals surface area (Å²) in [4.78, 5) is 12.0. The molecule has 0 heterocycles. The SMILES string of the molecule is Cc1cc(F)cc(NC(C)C(=O)NC2CCCC2)c1. The molecule has 2 N–H and O–H groups in total. The van der Waals surface area contributed by atoms with Crippen molar-refractivity contribution in [2.24, 2.45) is 0 Å². The molecule has 1 fully saturated rings. The third-order valence-electron chi connectivity index (χ3n) is 3.52. The third kappa shape index (κ3) is 3.94. The van der Waals surface area contributed by atoms with Crippen molar-refractivity contribution in [2.45, 2.75) is 51.6 Å². The molecule has 1 saturated carbocycles. The van der Waals surface area contributed by atoms with E-state index in [0.29, 0.717) is 11.7 Å². The molecule has 0 aliphatic heterocycles. The summed E-state index contributed by atoms with van der Waals surface area (Å²) in [6.45, 7) is 3.63. The molecular formula is C15H21FN2O. The van der Waals surface area contributed by atoms with Crippen LogP contribution in [0.4, 0.5) is 10.1 Å². The molecule has 1 aromatic rings. The van der Waals surface area contributed by atoms with E-state index >= 15 is 0 Å². The summed E-state index contributed by atoms with van der Waals surface area (Å²) in [5.74, 6) is -0.306. The highest BCUT2D eigenvalue weighted by molar-refractivity contribution is 5.84. The van der Waals surface area contributed by atoms with E-state index in [4.69, 9.17) is 0 Å². The Kier molecular flexibility index (Phi) is 4.40. The van der Waals surface area contributed by atoms with Gasteiger partial charge in [-0.25, -0.2) is 4.39 Å². The van der Waals surface area contributed by atoms with Gasteiger partial charge in [-0.1, -0.05) is 12.8 Å². The Morgan fingerprint density at radius 3 is 2.63 bits per heavy atom. The van der Waals surface area contributed by atoms with Crippen LogP contribution < -0.4 is 10.6 Å². The number of amides is 1. The van der Waals surface area contributed by atoms with Crippen LogP contribution in [-0.2, 0) is 4.79 Å². The van der Waals surface area contributed by atoms with Crippen molar-refractivity contribution in [2.75, 3.05) is 5.32 Å². The zero-order valence-corrected chi connectivity index (χ0v) is 11.5. The highest BCUT2D eigenvalue weighted by atomic mass is 19.1. The Bertz CT molecular complexity index is 435. The fraction of sp³-hybridized carbons (Fsp3) is 0.533. The maximum absolute atomic E-state index is 13.3. The second kappa shape index (κ2) is 6.04. The molecule has 19 heavy (non-hydrogen) atoms. The lowest BCUT2D eigenvalue weighted by atomic mass is 10.2. The predicted molar refractivity (Wildman–Crippen MR) is 74.6 cm³/mol. The second-order valence-corrected chi connectivity index (χ2v) is 5.37. The molecule has 0 saturated heterocycles. The zero-order valence-electron chi connectivity index (χ0n) is 11.5. The van der Waals surface area contributed by atoms with Gasteiger partial charge in [0.15, 0.2) is 0 Å². The fourth-order valence-electron chi connectivity index (χ4n) is 2.53. The molecule has 0 bridgehead atoms. The van der Waals surface area contributed by atoms with E-state index in [1.165, 1.54) is 25.0 Å². The Hall–Kier alpha value is -1.58. The minimum Gasteiger partial charge on any atom is -0.374 e. The predicted octanol–water partition coefficient (Wildman–Crippen LogP) is 2.99. The summed E-state index contributed by atoms with van der Waals surface area (Å²) in [6, 6.07) is 4.66. The second-order valence-electron chi connectivity index (χ2n) is 5.37. The summed E-state index contributed by atoms with van der Waals surface area (Å²) in [6.07, 6.45) is 4.51. The summed E-state index contributed by atoms with van der Waals surface area (Å²) in [5.41, 5.74) is 1.48. The van der Waals surface area contributed by atoms with Crippen molar-refractivity contribution >= 4 is 11.6 Å². The topological polar surface area (TPSA) is 41.1 Å². The van der Waals surface area contributed by atoms with E-state index in [1.807, 2.05) is 13.0 Å². The van der Waals surface area contributed by atoms with Crippen LogP contribution in [0.3, 0.4) is 0 Å². The lowest BCUT2D eigenvalue weighted by molar-refractivity contribution is -0.122. The van der Waals surface area contributed by atoms with Gasteiger partial charge in [0.05, 0.1) is 0 Å². The van der Waals surface area contributed by atoms with Gasteiger partial charge < -0.3 is 10.6 Å². The number of hydrogen-bond acceptors (Lipinski definition) is 2. The average Bonchev–Trinajstić information content (AvgIpc) is 2.80. The first kappa shape index (κ1) is 13.8. The largest absolute Gasteiger partial charge is 0.374 e. The molecule has 1 unspecified atom stereocenters. The van der Waals surface area contributed by atoms with Gasteiger partial charge in [0.2, 0.25) is 5.91 Å². The molecular weight excluding hydrogens is 243 g/mol. The Labute approximate surface area is 113 Å². The minimum absolute atomic E-state index is 0.0196. The first-order valence-corrected chi connectivity index (χ1v) is 6.89. The van der Waals surface area contributed by atoms with Gasteiger partial charge in [0.1, 0.15) is 11.9 Å². The maximum atomic E-state index is 13.3. The molecule has 1 aliphatic rings. The number of rotatable bonds is 4. The van der Waals surface area contributed by atoms with Crippen LogP contribution in [0, 0.1) is 12.7 Å². The van der Waals surface area contributed by atoms with Gasteiger partial charge >= 0.3 is 0 Å². The number of anilines is 1. The average molecular weight is 264 g/mol. The first-order chi connectivity index (χ1) is 9.04.